The van der Waals surface area contributed by atoms with E-state index in [1.165, 1.54) is 27.3 Å². The van der Waals surface area contributed by atoms with Crippen LogP contribution in [0.25, 0.3) is 0 Å². The Bertz CT molecular complexity index is 548. The van der Waals surface area contributed by atoms with Gasteiger partial charge in [-0.2, -0.15) is 0 Å². The van der Waals surface area contributed by atoms with Gasteiger partial charge in [-0.1, -0.05) is 25.1 Å². The summed E-state index contributed by atoms with van der Waals surface area (Å²) in [6.45, 7) is 9.13. The minimum absolute atomic E-state index is 0.654. The number of rotatable bonds is 7. The van der Waals surface area contributed by atoms with Crippen molar-refractivity contribution in [2.75, 3.05) is 6.54 Å². The zero-order chi connectivity index (χ0) is 14.4. The fourth-order valence-electron chi connectivity index (χ4n) is 2.08. The van der Waals surface area contributed by atoms with Crippen LogP contribution in [0.5, 0.6) is 5.75 Å². The van der Waals surface area contributed by atoms with Crippen LogP contribution >= 0.6 is 11.3 Å². The summed E-state index contributed by atoms with van der Waals surface area (Å²) in [5.74, 6) is 0.976. The molecule has 0 atom stereocenters. The molecule has 1 aromatic carbocycles. The largest absolute Gasteiger partial charge is 0.489 e. The van der Waals surface area contributed by atoms with Gasteiger partial charge in [-0.15, -0.1) is 11.3 Å². The molecule has 0 spiro atoms. The quantitative estimate of drug-likeness (QED) is 0.761. The van der Waals surface area contributed by atoms with Crippen molar-refractivity contribution in [3.8, 4) is 5.75 Å². The van der Waals surface area contributed by atoms with Crippen LogP contribution < -0.4 is 10.1 Å². The van der Waals surface area contributed by atoms with E-state index in [-0.39, 0.29) is 0 Å². The maximum Gasteiger partial charge on any atom is 0.122 e. The number of hydrogen-bond acceptors (Lipinski definition) is 3. The zero-order valence-electron chi connectivity index (χ0n) is 12.5. The highest BCUT2D eigenvalue weighted by atomic mass is 32.1. The number of nitrogens with one attached hydrogen (secondary N) is 1. The SMILES string of the molecule is CCCNCc1cc(COc2ccccc2C)c(C)s1. The van der Waals surface area contributed by atoms with Crippen molar-refractivity contribution >= 4 is 11.3 Å². The van der Waals surface area contributed by atoms with E-state index in [9.17, 15) is 0 Å². The number of benzene rings is 1. The summed E-state index contributed by atoms with van der Waals surface area (Å²) in [6, 6.07) is 10.4. The molecule has 0 aliphatic heterocycles. The molecule has 108 valence electrons. The fourth-order valence-corrected chi connectivity index (χ4v) is 3.10. The standard InChI is InChI=1S/C17H23NOS/c1-4-9-18-11-16-10-15(14(3)20-16)12-19-17-8-6-5-7-13(17)2/h5-8,10,18H,4,9,11-12H2,1-3H3. The first-order chi connectivity index (χ1) is 9.70. The summed E-state index contributed by atoms with van der Waals surface area (Å²) in [6.07, 6.45) is 1.17. The lowest BCUT2D eigenvalue weighted by Gasteiger charge is -2.08. The van der Waals surface area contributed by atoms with Crippen molar-refractivity contribution in [1.29, 1.82) is 0 Å². The van der Waals surface area contributed by atoms with Crippen molar-refractivity contribution in [3.63, 3.8) is 0 Å². The molecule has 3 heteroatoms. The van der Waals surface area contributed by atoms with Gasteiger partial charge >= 0.3 is 0 Å². The average molecular weight is 289 g/mol. The minimum atomic E-state index is 0.654. The predicted octanol–water partition coefficient (Wildman–Crippen LogP) is 4.44. The Kier molecular flexibility index (Phi) is 5.62. The summed E-state index contributed by atoms with van der Waals surface area (Å²) in [7, 11) is 0. The Balaban J connectivity index is 1.94. The van der Waals surface area contributed by atoms with Gasteiger partial charge in [-0.25, -0.2) is 0 Å². The molecule has 0 amide bonds. The van der Waals surface area contributed by atoms with Crippen molar-refractivity contribution < 1.29 is 4.74 Å². The first-order valence-electron chi connectivity index (χ1n) is 7.18. The molecule has 0 fully saturated rings. The lowest BCUT2D eigenvalue weighted by molar-refractivity contribution is 0.304. The molecule has 1 aromatic heterocycles. The van der Waals surface area contributed by atoms with Gasteiger partial charge in [0.2, 0.25) is 0 Å². The van der Waals surface area contributed by atoms with Gasteiger partial charge in [0.1, 0.15) is 12.4 Å². The summed E-state index contributed by atoms with van der Waals surface area (Å²) >= 11 is 1.86. The van der Waals surface area contributed by atoms with Gasteiger partial charge in [0.05, 0.1) is 0 Å². The molecule has 0 saturated heterocycles. The molecule has 0 bridgehead atoms. The lowest BCUT2D eigenvalue weighted by atomic mass is 10.2. The third-order valence-corrected chi connectivity index (χ3v) is 4.37. The Labute approximate surface area is 125 Å². The van der Waals surface area contributed by atoms with E-state index in [4.69, 9.17) is 4.74 Å². The monoisotopic (exact) mass is 289 g/mol. The van der Waals surface area contributed by atoms with Crippen molar-refractivity contribution in [3.05, 3.63) is 51.2 Å². The summed E-state index contributed by atoms with van der Waals surface area (Å²) in [5, 5.41) is 3.44. The molecule has 0 saturated carbocycles. The van der Waals surface area contributed by atoms with E-state index in [1.54, 1.807) is 0 Å². The second-order valence-corrected chi connectivity index (χ2v) is 6.37. The van der Waals surface area contributed by atoms with Crippen LogP contribution in [0.3, 0.4) is 0 Å². The van der Waals surface area contributed by atoms with E-state index in [2.05, 4.69) is 38.2 Å². The van der Waals surface area contributed by atoms with Gasteiger partial charge in [0.15, 0.2) is 0 Å². The number of aryl methyl sites for hydroxylation is 2. The van der Waals surface area contributed by atoms with Crippen LogP contribution in [0, 0.1) is 13.8 Å². The van der Waals surface area contributed by atoms with Crippen LogP contribution in [0.4, 0.5) is 0 Å². The molecule has 0 radical (unpaired) electrons. The normalized spacial score (nSPS) is 10.8. The van der Waals surface area contributed by atoms with Crippen molar-refractivity contribution in [1.82, 2.24) is 5.32 Å². The fraction of sp³-hybridized carbons (Fsp3) is 0.412. The third kappa shape index (κ3) is 4.09. The highest BCUT2D eigenvalue weighted by molar-refractivity contribution is 7.12. The van der Waals surface area contributed by atoms with Crippen molar-refractivity contribution in [2.45, 2.75) is 40.3 Å². The van der Waals surface area contributed by atoms with Crippen LogP contribution in [-0.4, -0.2) is 6.54 Å². The second kappa shape index (κ2) is 7.46. The Morgan fingerprint density at radius 3 is 2.75 bits per heavy atom. The molecule has 1 heterocycles. The summed E-state index contributed by atoms with van der Waals surface area (Å²) < 4.78 is 5.93. The second-order valence-electron chi connectivity index (χ2n) is 5.03. The molecule has 1 N–H and O–H groups in total. The number of ether oxygens (including phenoxy) is 1. The van der Waals surface area contributed by atoms with Gasteiger partial charge in [0.25, 0.3) is 0 Å². The van der Waals surface area contributed by atoms with Crippen molar-refractivity contribution in [2.24, 2.45) is 0 Å². The predicted molar refractivity (Wildman–Crippen MR) is 86.6 cm³/mol. The van der Waals surface area contributed by atoms with Crippen LogP contribution in [-0.2, 0) is 13.2 Å². The maximum absolute atomic E-state index is 5.93. The molecule has 2 nitrogen and oxygen atoms in total. The number of hydrogen-bond donors (Lipinski definition) is 1. The third-order valence-electron chi connectivity index (χ3n) is 3.27. The Morgan fingerprint density at radius 2 is 2.00 bits per heavy atom. The molecular weight excluding hydrogens is 266 g/mol. The topological polar surface area (TPSA) is 21.3 Å². The molecular formula is C17H23NOS. The zero-order valence-corrected chi connectivity index (χ0v) is 13.3. The summed E-state index contributed by atoms with van der Waals surface area (Å²) in [4.78, 5) is 2.74. The van der Waals surface area contributed by atoms with Gasteiger partial charge < -0.3 is 10.1 Å². The van der Waals surface area contributed by atoms with E-state index >= 15 is 0 Å². The minimum Gasteiger partial charge on any atom is -0.489 e. The van der Waals surface area contributed by atoms with Crippen LogP contribution in [0.1, 0.15) is 34.2 Å². The molecule has 2 rings (SSSR count). The van der Waals surface area contributed by atoms with E-state index < -0.39 is 0 Å². The molecule has 0 aliphatic carbocycles. The number of thiophene rings is 1. The van der Waals surface area contributed by atoms with Gasteiger partial charge in [-0.05, 0) is 44.5 Å². The molecule has 0 unspecified atom stereocenters. The molecule has 0 aliphatic rings. The van der Waals surface area contributed by atoms with E-state index in [1.807, 2.05) is 29.5 Å². The highest BCUT2D eigenvalue weighted by Crippen LogP contribution is 2.24. The smallest absolute Gasteiger partial charge is 0.122 e. The van der Waals surface area contributed by atoms with Crippen LogP contribution in [0.2, 0.25) is 0 Å². The Hall–Kier alpha value is -1.32. The molecule has 2 aromatic rings. The maximum atomic E-state index is 5.93. The van der Waals surface area contributed by atoms with Gasteiger partial charge in [-0.3, -0.25) is 0 Å². The Morgan fingerprint density at radius 1 is 1.20 bits per heavy atom. The van der Waals surface area contributed by atoms with Gasteiger partial charge in [0, 0.05) is 21.9 Å². The van der Waals surface area contributed by atoms with E-state index in [0.717, 1.165) is 18.8 Å². The van der Waals surface area contributed by atoms with E-state index in [0.29, 0.717) is 6.61 Å². The van der Waals surface area contributed by atoms with Crippen LogP contribution in [0.15, 0.2) is 30.3 Å². The summed E-state index contributed by atoms with van der Waals surface area (Å²) in [5.41, 5.74) is 2.48. The number of para-hydroxylation sites is 1. The average Bonchev–Trinajstić information content (AvgIpc) is 2.79. The highest BCUT2D eigenvalue weighted by Gasteiger charge is 2.07. The first kappa shape index (κ1) is 15.1. The first-order valence-corrected chi connectivity index (χ1v) is 7.99. The lowest BCUT2D eigenvalue weighted by Crippen LogP contribution is -2.12. The molecule has 20 heavy (non-hydrogen) atoms.